The molecule has 1 heterocycles. The van der Waals surface area contributed by atoms with Crippen molar-refractivity contribution in [3.8, 4) is 6.07 Å². The normalized spacial score (nSPS) is 22.2. The van der Waals surface area contributed by atoms with Gasteiger partial charge < -0.3 is 10.0 Å². The highest BCUT2D eigenvalue weighted by molar-refractivity contribution is 5.85. The number of carboxylic acids is 1. The molecule has 1 aliphatic heterocycles. The Labute approximate surface area is 125 Å². The maximum atomic E-state index is 10.6. The van der Waals surface area contributed by atoms with Gasteiger partial charge in [-0.05, 0) is 49.5 Å². The average Bonchev–Trinajstić information content (AvgIpc) is 2.47. The van der Waals surface area contributed by atoms with Gasteiger partial charge in [-0.15, -0.1) is 0 Å². The van der Waals surface area contributed by atoms with Crippen molar-refractivity contribution in [1.82, 2.24) is 0 Å². The first-order valence-corrected chi connectivity index (χ1v) is 7.23. The predicted octanol–water partition coefficient (Wildman–Crippen LogP) is 3.28. The topological polar surface area (TPSA) is 64.3 Å². The molecular weight excluding hydrogens is 264 g/mol. The number of nitrogens with zero attached hydrogens (tertiary/aromatic N) is 2. The summed E-state index contributed by atoms with van der Waals surface area (Å²) in [6, 6.07) is 8.20. The first-order chi connectivity index (χ1) is 10.0. The van der Waals surface area contributed by atoms with Gasteiger partial charge in [0.1, 0.15) is 6.07 Å². The van der Waals surface area contributed by atoms with Crippen LogP contribution in [0.3, 0.4) is 0 Å². The Morgan fingerprint density at radius 2 is 2.19 bits per heavy atom. The van der Waals surface area contributed by atoms with E-state index in [1.807, 2.05) is 12.1 Å². The molecule has 4 nitrogen and oxygen atoms in total. The number of carboxylic acid groups (broad SMARTS) is 1. The summed E-state index contributed by atoms with van der Waals surface area (Å²) in [5, 5.41) is 18.0. The Kier molecular flexibility index (Phi) is 4.64. The lowest BCUT2D eigenvalue weighted by atomic mass is 9.93. The molecule has 0 bridgehead atoms. The molecule has 0 amide bonds. The molecule has 1 N–H and O–H groups in total. The lowest BCUT2D eigenvalue weighted by Crippen LogP contribution is -2.41. The Morgan fingerprint density at radius 3 is 2.86 bits per heavy atom. The zero-order valence-electron chi connectivity index (χ0n) is 12.4. The second-order valence-corrected chi connectivity index (χ2v) is 5.74. The number of rotatable bonds is 3. The van der Waals surface area contributed by atoms with Gasteiger partial charge in [-0.3, -0.25) is 0 Å². The third-order valence-electron chi connectivity index (χ3n) is 3.99. The second kappa shape index (κ2) is 6.45. The van der Waals surface area contributed by atoms with E-state index in [0.717, 1.165) is 30.3 Å². The largest absolute Gasteiger partial charge is 0.478 e. The van der Waals surface area contributed by atoms with Gasteiger partial charge in [0.05, 0.1) is 11.3 Å². The van der Waals surface area contributed by atoms with Crippen LogP contribution in [0.4, 0.5) is 5.69 Å². The smallest absolute Gasteiger partial charge is 0.328 e. The van der Waals surface area contributed by atoms with Crippen LogP contribution in [0.1, 0.15) is 37.8 Å². The van der Waals surface area contributed by atoms with E-state index in [2.05, 4.69) is 24.8 Å². The van der Waals surface area contributed by atoms with Gasteiger partial charge in [0.2, 0.25) is 0 Å². The van der Waals surface area contributed by atoms with E-state index >= 15 is 0 Å². The highest BCUT2D eigenvalue weighted by Crippen LogP contribution is 2.30. The van der Waals surface area contributed by atoms with Crippen molar-refractivity contribution in [3.63, 3.8) is 0 Å². The molecular formula is C17H20N2O2. The van der Waals surface area contributed by atoms with Crippen LogP contribution in [0.2, 0.25) is 0 Å². The lowest BCUT2D eigenvalue weighted by Gasteiger charge is -2.39. The van der Waals surface area contributed by atoms with Crippen LogP contribution < -0.4 is 4.90 Å². The van der Waals surface area contributed by atoms with Crippen LogP contribution in [-0.2, 0) is 4.79 Å². The van der Waals surface area contributed by atoms with Gasteiger partial charge in [0.25, 0.3) is 0 Å². The van der Waals surface area contributed by atoms with Crippen molar-refractivity contribution in [2.24, 2.45) is 5.92 Å². The van der Waals surface area contributed by atoms with Gasteiger partial charge in [-0.25, -0.2) is 4.79 Å². The average molecular weight is 284 g/mol. The van der Waals surface area contributed by atoms with E-state index in [9.17, 15) is 10.1 Å². The summed E-state index contributed by atoms with van der Waals surface area (Å²) in [6.07, 6.45) is 4.95. The number of aliphatic carboxylic acids is 1. The first-order valence-electron chi connectivity index (χ1n) is 7.23. The second-order valence-electron chi connectivity index (χ2n) is 5.74. The van der Waals surface area contributed by atoms with Gasteiger partial charge in [-0.2, -0.15) is 5.26 Å². The molecule has 1 fully saturated rings. The van der Waals surface area contributed by atoms with Gasteiger partial charge in [0, 0.05) is 18.7 Å². The number of hydrogen-bond acceptors (Lipinski definition) is 3. The summed E-state index contributed by atoms with van der Waals surface area (Å²) >= 11 is 0. The summed E-state index contributed by atoms with van der Waals surface area (Å²) in [5.74, 6) is -0.365. The van der Waals surface area contributed by atoms with Crippen LogP contribution in [0.5, 0.6) is 0 Å². The third kappa shape index (κ3) is 3.63. The molecule has 0 radical (unpaired) electrons. The maximum absolute atomic E-state index is 10.6. The molecule has 110 valence electrons. The number of piperidine rings is 1. The number of carbonyl (C=O) groups is 1. The van der Waals surface area contributed by atoms with E-state index in [1.165, 1.54) is 12.5 Å². The Morgan fingerprint density at radius 1 is 1.43 bits per heavy atom. The summed E-state index contributed by atoms with van der Waals surface area (Å²) < 4.78 is 0. The Balaban J connectivity index is 2.32. The Bertz CT molecular complexity index is 601. The summed E-state index contributed by atoms with van der Waals surface area (Å²) in [5.41, 5.74) is 2.28. The van der Waals surface area contributed by atoms with Crippen LogP contribution >= 0.6 is 0 Å². The number of nitriles is 1. The molecule has 2 rings (SSSR count). The highest BCUT2D eigenvalue weighted by Gasteiger charge is 2.24. The van der Waals surface area contributed by atoms with E-state index in [4.69, 9.17) is 5.11 Å². The number of hydrogen-bond donors (Lipinski definition) is 1. The van der Waals surface area contributed by atoms with Crippen LogP contribution in [-0.4, -0.2) is 23.7 Å². The first kappa shape index (κ1) is 15.1. The minimum Gasteiger partial charge on any atom is -0.478 e. The molecule has 0 aromatic heterocycles. The lowest BCUT2D eigenvalue weighted by molar-refractivity contribution is -0.131. The van der Waals surface area contributed by atoms with Crippen molar-refractivity contribution in [2.45, 2.75) is 32.7 Å². The molecule has 0 spiro atoms. The molecule has 0 saturated carbocycles. The fourth-order valence-electron chi connectivity index (χ4n) is 2.79. The van der Waals surface area contributed by atoms with E-state index < -0.39 is 5.97 Å². The summed E-state index contributed by atoms with van der Waals surface area (Å²) in [7, 11) is 0. The van der Waals surface area contributed by atoms with E-state index in [1.54, 1.807) is 6.07 Å². The summed E-state index contributed by atoms with van der Waals surface area (Å²) in [4.78, 5) is 12.8. The predicted molar refractivity (Wildman–Crippen MR) is 83.0 cm³/mol. The van der Waals surface area contributed by atoms with Crippen molar-refractivity contribution >= 4 is 17.7 Å². The van der Waals surface area contributed by atoms with Crippen LogP contribution in [0.15, 0.2) is 24.3 Å². The van der Waals surface area contributed by atoms with E-state index in [-0.39, 0.29) is 0 Å². The molecule has 2 atom stereocenters. The number of anilines is 1. The molecule has 2 unspecified atom stereocenters. The van der Waals surface area contributed by atoms with Crippen molar-refractivity contribution in [1.29, 1.82) is 5.26 Å². The number of benzene rings is 1. The quantitative estimate of drug-likeness (QED) is 0.865. The molecule has 0 aliphatic carbocycles. The Hall–Kier alpha value is -2.28. The van der Waals surface area contributed by atoms with Gasteiger partial charge in [-0.1, -0.05) is 13.0 Å². The zero-order chi connectivity index (χ0) is 15.4. The molecule has 1 aromatic rings. The van der Waals surface area contributed by atoms with Crippen molar-refractivity contribution in [3.05, 3.63) is 35.4 Å². The monoisotopic (exact) mass is 284 g/mol. The van der Waals surface area contributed by atoms with E-state index in [0.29, 0.717) is 17.5 Å². The van der Waals surface area contributed by atoms with Crippen molar-refractivity contribution in [2.75, 3.05) is 11.4 Å². The third-order valence-corrected chi connectivity index (χ3v) is 3.99. The maximum Gasteiger partial charge on any atom is 0.328 e. The summed E-state index contributed by atoms with van der Waals surface area (Å²) in [6.45, 7) is 5.38. The fraction of sp³-hybridized carbons (Fsp3) is 0.412. The standard InChI is InChI=1S/C17H20N2O2/c1-12-3-4-13(2)19(11-12)16-7-5-14(6-8-17(20)21)9-15(16)10-18/h5-9,12-13H,3-4,11H2,1-2H3,(H,20,21)/b8-6+. The van der Waals surface area contributed by atoms with Gasteiger partial charge in [0.15, 0.2) is 0 Å². The van der Waals surface area contributed by atoms with Crippen molar-refractivity contribution < 1.29 is 9.90 Å². The van der Waals surface area contributed by atoms with Crippen LogP contribution in [0, 0.1) is 17.2 Å². The zero-order valence-corrected chi connectivity index (χ0v) is 12.4. The molecule has 1 aliphatic rings. The van der Waals surface area contributed by atoms with Crippen LogP contribution in [0.25, 0.3) is 6.08 Å². The highest BCUT2D eigenvalue weighted by atomic mass is 16.4. The SMILES string of the molecule is CC1CCC(C)N(c2ccc(/C=C/C(=O)O)cc2C#N)C1. The minimum atomic E-state index is -0.990. The molecule has 4 heteroatoms. The molecule has 1 saturated heterocycles. The molecule has 1 aromatic carbocycles. The minimum absolute atomic E-state index is 0.425. The fourth-order valence-corrected chi connectivity index (χ4v) is 2.79. The van der Waals surface area contributed by atoms with Gasteiger partial charge >= 0.3 is 5.97 Å². The molecule has 21 heavy (non-hydrogen) atoms.